The van der Waals surface area contributed by atoms with Crippen molar-refractivity contribution in [1.29, 1.82) is 0 Å². The Morgan fingerprint density at radius 2 is 2.00 bits per heavy atom. The standard InChI is InChI=1S/C11H18F3NO3S/c12-11(13,14)8-2-1-3-10(6-8)4-5-18-9(10)7-19(15,16)17/h8-9H,1-7H2,(H2,15,16,17). The van der Waals surface area contributed by atoms with E-state index >= 15 is 0 Å². The first-order chi connectivity index (χ1) is 8.62. The highest BCUT2D eigenvalue weighted by molar-refractivity contribution is 7.89. The highest BCUT2D eigenvalue weighted by Crippen LogP contribution is 2.52. The minimum absolute atomic E-state index is 0.0450. The van der Waals surface area contributed by atoms with Crippen LogP contribution in [0.15, 0.2) is 0 Å². The van der Waals surface area contributed by atoms with Crippen LogP contribution in [0.2, 0.25) is 0 Å². The van der Waals surface area contributed by atoms with Crippen molar-refractivity contribution in [3.63, 3.8) is 0 Å². The Morgan fingerprint density at radius 3 is 2.58 bits per heavy atom. The fraction of sp³-hybridized carbons (Fsp3) is 1.00. The molecule has 0 bridgehead atoms. The second kappa shape index (κ2) is 4.89. The van der Waals surface area contributed by atoms with Crippen LogP contribution < -0.4 is 5.14 Å². The highest BCUT2D eigenvalue weighted by Gasteiger charge is 2.53. The summed E-state index contributed by atoms with van der Waals surface area (Å²) in [5.41, 5.74) is -0.676. The lowest BCUT2D eigenvalue weighted by molar-refractivity contribution is -0.194. The first kappa shape index (κ1) is 15.1. The van der Waals surface area contributed by atoms with Crippen molar-refractivity contribution in [1.82, 2.24) is 0 Å². The smallest absolute Gasteiger partial charge is 0.377 e. The number of hydrogen-bond acceptors (Lipinski definition) is 3. The van der Waals surface area contributed by atoms with E-state index in [1.54, 1.807) is 0 Å². The van der Waals surface area contributed by atoms with Gasteiger partial charge in [0.2, 0.25) is 10.0 Å². The van der Waals surface area contributed by atoms with Gasteiger partial charge in [-0.3, -0.25) is 0 Å². The lowest BCUT2D eigenvalue weighted by Crippen LogP contribution is -2.44. The first-order valence-corrected chi connectivity index (χ1v) is 8.03. The minimum Gasteiger partial charge on any atom is -0.377 e. The van der Waals surface area contributed by atoms with Gasteiger partial charge in [-0.1, -0.05) is 6.42 Å². The molecule has 0 aromatic heterocycles. The van der Waals surface area contributed by atoms with Crippen LogP contribution in [0.1, 0.15) is 32.1 Å². The lowest BCUT2D eigenvalue weighted by Gasteiger charge is -2.41. The highest BCUT2D eigenvalue weighted by atomic mass is 32.2. The predicted molar refractivity (Wildman–Crippen MR) is 62.8 cm³/mol. The number of nitrogens with two attached hydrogens (primary N) is 1. The summed E-state index contributed by atoms with van der Waals surface area (Å²) in [6.45, 7) is 0.310. The summed E-state index contributed by atoms with van der Waals surface area (Å²) in [4.78, 5) is 0. The maximum atomic E-state index is 12.9. The van der Waals surface area contributed by atoms with E-state index in [2.05, 4.69) is 0 Å². The summed E-state index contributed by atoms with van der Waals surface area (Å²) in [5.74, 6) is -1.75. The van der Waals surface area contributed by atoms with Gasteiger partial charge in [-0.15, -0.1) is 0 Å². The zero-order valence-electron chi connectivity index (χ0n) is 10.4. The predicted octanol–water partition coefficient (Wildman–Crippen LogP) is 1.80. The Kier molecular flexibility index (Phi) is 3.88. The Labute approximate surface area is 110 Å². The summed E-state index contributed by atoms with van der Waals surface area (Å²) in [5, 5.41) is 5.00. The molecular formula is C11H18F3NO3S. The molecule has 2 fully saturated rings. The molecule has 0 radical (unpaired) electrons. The summed E-state index contributed by atoms with van der Waals surface area (Å²) >= 11 is 0. The molecule has 8 heteroatoms. The third kappa shape index (κ3) is 3.41. The van der Waals surface area contributed by atoms with Crippen LogP contribution in [-0.4, -0.2) is 33.1 Å². The summed E-state index contributed by atoms with van der Waals surface area (Å²) in [6, 6.07) is 0. The molecule has 1 saturated carbocycles. The lowest BCUT2D eigenvalue weighted by atomic mass is 9.66. The molecule has 4 nitrogen and oxygen atoms in total. The van der Waals surface area contributed by atoms with E-state index in [-0.39, 0.29) is 12.8 Å². The number of hydrogen-bond donors (Lipinski definition) is 1. The molecule has 1 spiro atoms. The molecule has 112 valence electrons. The maximum Gasteiger partial charge on any atom is 0.391 e. The van der Waals surface area contributed by atoms with Gasteiger partial charge >= 0.3 is 6.18 Å². The average molecular weight is 301 g/mol. The van der Waals surface area contributed by atoms with E-state index in [4.69, 9.17) is 9.88 Å². The van der Waals surface area contributed by atoms with Crippen molar-refractivity contribution < 1.29 is 26.3 Å². The number of sulfonamides is 1. The van der Waals surface area contributed by atoms with Crippen molar-refractivity contribution >= 4 is 10.0 Å². The monoisotopic (exact) mass is 301 g/mol. The molecule has 2 rings (SSSR count). The molecule has 1 saturated heterocycles. The first-order valence-electron chi connectivity index (χ1n) is 6.31. The molecule has 0 aromatic rings. The number of primary sulfonamides is 1. The minimum atomic E-state index is -4.22. The second-order valence-corrected chi connectivity index (χ2v) is 7.30. The van der Waals surface area contributed by atoms with Gasteiger partial charge in [-0.05, 0) is 25.7 Å². The van der Waals surface area contributed by atoms with E-state index in [9.17, 15) is 21.6 Å². The van der Waals surface area contributed by atoms with Gasteiger partial charge in [0, 0.05) is 12.0 Å². The van der Waals surface area contributed by atoms with E-state index in [1.165, 1.54) is 0 Å². The third-order valence-corrected chi connectivity index (χ3v) is 5.10. The van der Waals surface area contributed by atoms with Gasteiger partial charge in [-0.25, -0.2) is 13.6 Å². The maximum absolute atomic E-state index is 12.9. The molecule has 1 aliphatic carbocycles. The van der Waals surface area contributed by atoms with E-state index in [0.717, 1.165) is 0 Å². The largest absolute Gasteiger partial charge is 0.391 e. The number of ether oxygens (including phenoxy) is 1. The van der Waals surface area contributed by atoms with Crippen LogP contribution in [0.4, 0.5) is 13.2 Å². The van der Waals surface area contributed by atoms with Crippen molar-refractivity contribution in [2.24, 2.45) is 16.5 Å². The van der Waals surface area contributed by atoms with Gasteiger partial charge in [0.05, 0.1) is 17.8 Å². The van der Waals surface area contributed by atoms with E-state index in [0.29, 0.717) is 25.9 Å². The SMILES string of the molecule is NS(=O)(=O)CC1OCCC12CCCC(C(F)(F)F)C2. The fourth-order valence-corrected chi connectivity index (χ4v) is 4.24. The topological polar surface area (TPSA) is 69.4 Å². The summed E-state index contributed by atoms with van der Waals surface area (Å²) < 4.78 is 66.3. The molecule has 2 N–H and O–H groups in total. The number of alkyl halides is 3. The molecule has 2 aliphatic rings. The van der Waals surface area contributed by atoms with Gasteiger partial charge in [-0.2, -0.15) is 13.2 Å². The molecule has 0 aromatic carbocycles. The van der Waals surface area contributed by atoms with Crippen LogP contribution in [0.25, 0.3) is 0 Å². The molecule has 1 heterocycles. The molecule has 1 aliphatic heterocycles. The zero-order valence-corrected chi connectivity index (χ0v) is 11.3. The van der Waals surface area contributed by atoms with Crippen LogP contribution in [0.3, 0.4) is 0 Å². The number of rotatable bonds is 2. The molecule has 3 atom stereocenters. The molecular weight excluding hydrogens is 283 g/mol. The van der Waals surface area contributed by atoms with E-state index < -0.39 is 39.4 Å². The molecule has 19 heavy (non-hydrogen) atoms. The normalized spacial score (nSPS) is 36.8. The Balaban J connectivity index is 2.16. The summed E-state index contributed by atoms with van der Waals surface area (Å²) in [7, 11) is -3.74. The second-order valence-electron chi connectivity index (χ2n) is 5.64. The van der Waals surface area contributed by atoms with Crippen molar-refractivity contribution in [3.05, 3.63) is 0 Å². The third-order valence-electron chi connectivity index (χ3n) is 4.33. The Hall–Kier alpha value is -0.340. The van der Waals surface area contributed by atoms with Gasteiger partial charge in [0.1, 0.15) is 0 Å². The van der Waals surface area contributed by atoms with Gasteiger partial charge in [0.25, 0.3) is 0 Å². The molecule has 3 unspecified atom stereocenters. The van der Waals surface area contributed by atoms with Crippen LogP contribution >= 0.6 is 0 Å². The van der Waals surface area contributed by atoms with Crippen molar-refractivity contribution in [2.45, 2.75) is 44.4 Å². The van der Waals surface area contributed by atoms with E-state index in [1.807, 2.05) is 0 Å². The Morgan fingerprint density at radius 1 is 1.32 bits per heavy atom. The van der Waals surface area contributed by atoms with Crippen LogP contribution in [-0.2, 0) is 14.8 Å². The zero-order chi connectivity index (χ0) is 14.3. The summed E-state index contributed by atoms with van der Waals surface area (Å²) in [6.07, 6.45) is -3.33. The number of halogens is 3. The van der Waals surface area contributed by atoms with Crippen LogP contribution in [0, 0.1) is 11.3 Å². The van der Waals surface area contributed by atoms with Gasteiger partial charge < -0.3 is 4.74 Å². The van der Waals surface area contributed by atoms with Crippen molar-refractivity contribution in [2.75, 3.05) is 12.4 Å². The van der Waals surface area contributed by atoms with Gasteiger partial charge in [0.15, 0.2) is 0 Å². The van der Waals surface area contributed by atoms with Crippen molar-refractivity contribution in [3.8, 4) is 0 Å². The van der Waals surface area contributed by atoms with Crippen LogP contribution in [0.5, 0.6) is 0 Å². The quantitative estimate of drug-likeness (QED) is 0.845. The fourth-order valence-electron chi connectivity index (χ4n) is 3.37. The molecule has 0 amide bonds. The average Bonchev–Trinajstić information content (AvgIpc) is 2.58. The Bertz CT molecular complexity index is 437.